The summed E-state index contributed by atoms with van der Waals surface area (Å²) in [6.07, 6.45) is 4.85. The van der Waals surface area contributed by atoms with Gasteiger partial charge in [-0.3, -0.25) is 5.01 Å². The van der Waals surface area contributed by atoms with Crippen LogP contribution in [-0.2, 0) is 0 Å². The fraction of sp³-hybridized carbons (Fsp3) is 0.750. The van der Waals surface area contributed by atoms with E-state index in [-0.39, 0.29) is 0 Å². The molecule has 1 fully saturated rings. The third kappa shape index (κ3) is 1.79. The lowest BCUT2D eigenvalue weighted by Crippen LogP contribution is -2.16. The quantitative estimate of drug-likeness (QED) is 0.593. The molecule has 2 aliphatic rings. The molecule has 0 unspecified atom stereocenters. The second kappa shape index (κ2) is 2.64. The Hall–Kier alpha value is -0.860. The summed E-state index contributed by atoms with van der Waals surface area (Å²) in [4.78, 5) is 0. The van der Waals surface area contributed by atoms with E-state index in [1.54, 1.807) is 0 Å². The van der Waals surface area contributed by atoms with Gasteiger partial charge in [-0.15, -0.1) is 0 Å². The van der Waals surface area contributed by atoms with Gasteiger partial charge in [-0.05, 0) is 31.3 Å². The summed E-state index contributed by atoms with van der Waals surface area (Å²) in [7, 11) is 0. The van der Waals surface area contributed by atoms with E-state index in [2.05, 4.69) is 23.5 Å². The second-order valence-corrected chi connectivity index (χ2v) is 3.43. The molecule has 1 aliphatic carbocycles. The van der Waals surface area contributed by atoms with Crippen LogP contribution in [0.2, 0.25) is 0 Å². The second-order valence-electron chi connectivity index (χ2n) is 3.43. The van der Waals surface area contributed by atoms with E-state index >= 15 is 0 Å². The molecule has 0 atom stereocenters. The smallest absolute Gasteiger partial charge is 0.0845 e. The van der Waals surface area contributed by atoms with Gasteiger partial charge in [0, 0.05) is 12.7 Å². The van der Waals surface area contributed by atoms with Crippen molar-refractivity contribution in [2.75, 3.05) is 13.1 Å². The predicted octanol–water partition coefficient (Wildman–Crippen LogP) is 1.98. The minimum atomic E-state index is 0.779. The van der Waals surface area contributed by atoms with Gasteiger partial charge >= 0.3 is 0 Å². The summed E-state index contributed by atoms with van der Waals surface area (Å²) in [6.45, 7) is 3.94. The molecule has 0 saturated heterocycles. The first-order valence-corrected chi connectivity index (χ1v) is 4.16. The molecule has 0 N–H and O–H groups in total. The highest BCUT2D eigenvalue weighted by atomic mass is 15.5. The Balaban J connectivity index is 1.90. The van der Waals surface area contributed by atoms with Crippen molar-refractivity contribution in [3.05, 3.63) is 11.8 Å². The van der Waals surface area contributed by atoms with Gasteiger partial charge in [0.25, 0.3) is 0 Å². The van der Waals surface area contributed by atoms with Crippen LogP contribution in [0.1, 0.15) is 19.8 Å². The molecule has 0 aromatic rings. The molecule has 3 heteroatoms. The van der Waals surface area contributed by atoms with Crippen LogP contribution in [0.15, 0.2) is 22.1 Å². The fourth-order valence-electron chi connectivity index (χ4n) is 1.20. The van der Waals surface area contributed by atoms with Gasteiger partial charge in [0.2, 0.25) is 0 Å². The normalized spacial score (nSPS) is 23.7. The topological polar surface area (TPSA) is 28.0 Å². The van der Waals surface area contributed by atoms with Gasteiger partial charge in [-0.25, -0.2) is 0 Å². The van der Waals surface area contributed by atoms with Crippen LogP contribution >= 0.6 is 0 Å². The van der Waals surface area contributed by atoms with Crippen molar-refractivity contribution < 1.29 is 0 Å². The van der Waals surface area contributed by atoms with E-state index in [1.807, 2.05) is 5.01 Å². The van der Waals surface area contributed by atoms with Crippen LogP contribution in [0.5, 0.6) is 0 Å². The number of rotatable bonds is 2. The van der Waals surface area contributed by atoms with E-state index in [9.17, 15) is 0 Å². The van der Waals surface area contributed by atoms with Crippen LogP contribution < -0.4 is 0 Å². The lowest BCUT2D eigenvalue weighted by Gasteiger charge is -2.16. The number of hydrogen-bond donors (Lipinski definition) is 0. The maximum Gasteiger partial charge on any atom is 0.0845 e. The summed E-state index contributed by atoms with van der Waals surface area (Å²) in [5, 5.41) is 10.0. The van der Waals surface area contributed by atoms with Crippen molar-refractivity contribution in [2.24, 2.45) is 16.3 Å². The van der Waals surface area contributed by atoms with Crippen molar-refractivity contribution in [3.8, 4) is 0 Å². The van der Waals surface area contributed by atoms with Crippen LogP contribution in [0.25, 0.3) is 0 Å². The zero-order chi connectivity index (χ0) is 7.68. The van der Waals surface area contributed by atoms with E-state index in [0.717, 1.165) is 19.0 Å². The van der Waals surface area contributed by atoms with Gasteiger partial charge in [0.15, 0.2) is 0 Å². The summed E-state index contributed by atoms with van der Waals surface area (Å²) >= 11 is 0. The Bertz CT molecular complexity index is 203. The Labute approximate surface area is 66.8 Å². The highest BCUT2D eigenvalue weighted by Gasteiger charge is 2.23. The molecule has 11 heavy (non-hydrogen) atoms. The molecule has 60 valence electrons. The average molecular weight is 151 g/mol. The lowest BCUT2D eigenvalue weighted by atomic mass is 10.3. The summed E-state index contributed by atoms with van der Waals surface area (Å²) in [6, 6.07) is 0. The fourth-order valence-corrected chi connectivity index (χ4v) is 1.20. The van der Waals surface area contributed by atoms with E-state index in [0.29, 0.717) is 0 Å². The Morgan fingerprint density at radius 2 is 2.45 bits per heavy atom. The van der Waals surface area contributed by atoms with Gasteiger partial charge < -0.3 is 0 Å². The molecule has 1 saturated carbocycles. The van der Waals surface area contributed by atoms with Crippen molar-refractivity contribution in [1.82, 2.24) is 5.01 Å². The van der Waals surface area contributed by atoms with Crippen molar-refractivity contribution in [3.63, 3.8) is 0 Å². The number of nitrogens with zero attached hydrogens (tertiary/aromatic N) is 3. The Morgan fingerprint density at radius 1 is 1.64 bits per heavy atom. The summed E-state index contributed by atoms with van der Waals surface area (Å²) < 4.78 is 0. The van der Waals surface area contributed by atoms with Crippen LogP contribution in [-0.4, -0.2) is 18.1 Å². The first-order chi connectivity index (χ1) is 5.34. The minimum absolute atomic E-state index is 0.779. The van der Waals surface area contributed by atoms with E-state index in [1.165, 1.54) is 18.4 Å². The molecular formula is C8H13N3. The molecule has 0 radical (unpaired) electrons. The Morgan fingerprint density at radius 3 is 3.09 bits per heavy atom. The molecule has 1 aliphatic heterocycles. The summed E-state index contributed by atoms with van der Waals surface area (Å²) in [5.74, 6) is 0.885. The van der Waals surface area contributed by atoms with Crippen LogP contribution in [0.4, 0.5) is 0 Å². The molecule has 2 rings (SSSR count). The van der Waals surface area contributed by atoms with Gasteiger partial charge in [-0.1, -0.05) is 5.22 Å². The molecule has 0 aromatic heterocycles. The monoisotopic (exact) mass is 151 g/mol. The van der Waals surface area contributed by atoms with Gasteiger partial charge in [0.1, 0.15) is 0 Å². The average Bonchev–Trinajstić information content (AvgIpc) is 2.71. The minimum Gasteiger partial charge on any atom is -0.254 e. The third-order valence-electron chi connectivity index (χ3n) is 2.01. The predicted molar refractivity (Wildman–Crippen MR) is 42.9 cm³/mol. The van der Waals surface area contributed by atoms with Crippen molar-refractivity contribution in [2.45, 2.75) is 19.8 Å². The molecule has 0 aromatic carbocycles. The molecule has 0 bridgehead atoms. The van der Waals surface area contributed by atoms with E-state index in [4.69, 9.17) is 0 Å². The molecule has 0 spiro atoms. The molecule has 0 amide bonds. The first kappa shape index (κ1) is 6.83. The highest BCUT2D eigenvalue weighted by Crippen LogP contribution is 2.30. The molecular weight excluding hydrogens is 138 g/mol. The van der Waals surface area contributed by atoms with Gasteiger partial charge in [0.05, 0.1) is 6.54 Å². The van der Waals surface area contributed by atoms with Crippen LogP contribution in [0.3, 0.4) is 0 Å². The highest BCUT2D eigenvalue weighted by molar-refractivity contribution is 5.01. The summed E-state index contributed by atoms with van der Waals surface area (Å²) in [5.41, 5.74) is 1.31. The van der Waals surface area contributed by atoms with Crippen molar-refractivity contribution in [1.29, 1.82) is 0 Å². The zero-order valence-corrected chi connectivity index (χ0v) is 6.82. The largest absolute Gasteiger partial charge is 0.254 e. The van der Waals surface area contributed by atoms with Crippen molar-refractivity contribution >= 4 is 0 Å². The SMILES string of the molecule is CC1=CN(CC2CC2)N=NC1. The zero-order valence-electron chi connectivity index (χ0n) is 6.82. The van der Waals surface area contributed by atoms with Crippen LogP contribution in [0, 0.1) is 5.92 Å². The lowest BCUT2D eigenvalue weighted by molar-refractivity contribution is 0.339. The maximum absolute atomic E-state index is 4.04. The Kier molecular flexibility index (Phi) is 1.64. The molecule has 1 heterocycles. The van der Waals surface area contributed by atoms with E-state index < -0.39 is 0 Å². The maximum atomic E-state index is 4.04. The van der Waals surface area contributed by atoms with Gasteiger partial charge in [-0.2, -0.15) is 5.11 Å². The number of hydrogen-bond acceptors (Lipinski definition) is 3. The molecule has 3 nitrogen and oxygen atoms in total. The standard InChI is InChI=1S/C8H13N3/c1-7-4-9-10-11(5-7)6-8-2-3-8/h5,8H,2-4,6H2,1H3. The third-order valence-corrected chi connectivity index (χ3v) is 2.01. The first-order valence-electron chi connectivity index (χ1n) is 4.16.